The highest BCUT2D eigenvalue weighted by Crippen LogP contribution is 2.30. The standard InChI is InChI=1S/C13H13N3O2/c1-15(2)13-12(10-6-4-3-5-7-10)8-11(9-14-13)16(17)18/h3-9H,1-2H3. The van der Waals surface area contributed by atoms with Gasteiger partial charge in [0.05, 0.1) is 4.92 Å². The first-order chi connectivity index (χ1) is 8.59. The van der Waals surface area contributed by atoms with Crippen LogP contribution in [0.2, 0.25) is 0 Å². The van der Waals surface area contributed by atoms with Crippen LogP contribution in [0.1, 0.15) is 0 Å². The molecule has 0 spiro atoms. The molecule has 0 saturated heterocycles. The third kappa shape index (κ3) is 2.29. The highest BCUT2D eigenvalue weighted by atomic mass is 16.6. The van der Waals surface area contributed by atoms with Crippen molar-refractivity contribution in [1.82, 2.24) is 4.98 Å². The van der Waals surface area contributed by atoms with Crippen LogP contribution in [0, 0.1) is 10.1 Å². The average molecular weight is 243 g/mol. The lowest BCUT2D eigenvalue weighted by molar-refractivity contribution is -0.385. The molecule has 18 heavy (non-hydrogen) atoms. The maximum atomic E-state index is 10.8. The van der Waals surface area contributed by atoms with Crippen LogP contribution in [0.5, 0.6) is 0 Å². The van der Waals surface area contributed by atoms with E-state index in [-0.39, 0.29) is 5.69 Å². The van der Waals surface area contributed by atoms with E-state index in [1.165, 1.54) is 6.20 Å². The van der Waals surface area contributed by atoms with Gasteiger partial charge in [0, 0.05) is 25.7 Å². The van der Waals surface area contributed by atoms with E-state index in [1.807, 2.05) is 49.3 Å². The van der Waals surface area contributed by atoms with Gasteiger partial charge in [0.2, 0.25) is 0 Å². The van der Waals surface area contributed by atoms with Crippen LogP contribution in [0.3, 0.4) is 0 Å². The fourth-order valence-corrected chi connectivity index (χ4v) is 1.73. The number of anilines is 1. The lowest BCUT2D eigenvalue weighted by Gasteiger charge is -2.15. The first kappa shape index (κ1) is 12.0. The molecule has 0 fully saturated rings. The Bertz CT molecular complexity index is 568. The second kappa shape index (κ2) is 4.83. The van der Waals surface area contributed by atoms with Crippen LogP contribution in [0.25, 0.3) is 11.1 Å². The molecule has 0 atom stereocenters. The van der Waals surface area contributed by atoms with Gasteiger partial charge in [-0.1, -0.05) is 30.3 Å². The van der Waals surface area contributed by atoms with E-state index in [0.29, 0.717) is 5.82 Å². The van der Waals surface area contributed by atoms with E-state index in [0.717, 1.165) is 11.1 Å². The number of benzene rings is 1. The van der Waals surface area contributed by atoms with Gasteiger partial charge in [0.15, 0.2) is 0 Å². The summed E-state index contributed by atoms with van der Waals surface area (Å²) in [6.45, 7) is 0. The van der Waals surface area contributed by atoms with Gasteiger partial charge in [-0.15, -0.1) is 0 Å². The van der Waals surface area contributed by atoms with E-state index in [2.05, 4.69) is 4.98 Å². The number of nitrogens with zero attached hydrogens (tertiary/aromatic N) is 3. The summed E-state index contributed by atoms with van der Waals surface area (Å²) in [6, 6.07) is 11.1. The molecule has 1 aromatic carbocycles. The van der Waals surface area contributed by atoms with Crippen molar-refractivity contribution in [1.29, 1.82) is 0 Å². The summed E-state index contributed by atoms with van der Waals surface area (Å²) in [7, 11) is 3.72. The van der Waals surface area contributed by atoms with Gasteiger partial charge < -0.3 is 4.90 Å². The van der Waals surface area contributed by atoms with Crippen molar-refractivity contribution in [2.45, 2.75) is 0 Å². The lowest BCUT2D eigenvalue weighted by atomic mass is 10.1. The Morgan fingerprint density at radius 2 is 1.89 bits per heavy atom. The third-order valence-electron chi connectivity index (χ3n) is 2.57. The Kier molecular flexibility index (Phi) is 3.23. The Morgan fingerprint density at radius 3 is 2.44 bits per heavy atom. The molecule has 2 aromatic rings. The Hall–Kier alpha value is -2.43. The summed E-state index contributed by atoms with van der Waals surface area (Å²) in [4.78, 5) is 16.4. The number of hydrogen-bond acceptors (Lipinski definition) is 4. The second-order valence-corrected chi connectivity index (χ2v) is 4.08. The number of aromatic nitrogens is 1. The van der Waals surface area contributed by atoms with Gasteiger partial charge in [-0.05, 0) is 5.56 Å². The van der Waals surface area contributed by atoms with E-state index in [4.69, 9.17) is 0 Å². The minimum atomic E-state index is -0.432. The molecule has 5 heteroatoms. The second-order valence-electron chi connectivity index (χ2n) is 4.08. The molecule has 0 aliphatic heterocycles. The summed E-state index contributed by atoms with van der Waals surface area (Å²) in [5.74, 6) is 0.715. The Labute approximate surface area is 105 Å². The molecule has 0 saturated carbocycles. The van der Waals surface area contributed by atoms with E-state index in [9.17, 15) is 10.1 Å². The predicted molar refractivity (Wildman–Crippen MR) is 70.7 cm³/mol. The molecule has 0 radical (unpaired) electrons. The van der Waals surface area contributed by atoms with Gasteiger partial charge in [0.25, 0.3) is 5.69 Å². The normalized spacial score (nSPS) is 10.1. The molecule has 0 bridgehead atoms. The number of nitro groups is 1. The molecule has 5 nitrogen and oxygen atoms in total. The fraction of sp³-hybridized carbons (Fsp3) is 0.154. The van der Waals surface area contributed by atoms with Crippen molar-refractivity contribution in [2.24, 2.45) is 0 Å². The number of pyridine rings is 1. The van der Waals surface area contributed by atoms with E-state index in [1.54, 1.807) is 6.07 Å². The third-order valence-corrected chi connectivity index (χ3v) is 2.57. The molecular weight excluding hydrogens is 230 g/mol. The molecule has 1 heterocycles. The molecule has 0 aliphatic rings. The zero-order chi connectivity index (χ0) is 13.1. The molecule has 0 aliphatic carbocycles. The zero-order valence-corrected chi connectivity index (χ0v) is 10.2. The first-order valence-corrected chi connectivity index (χ1v) is 5.47. The van der Waals surface area contributed by atoms with E-state index >= 15 is 0 Å². The highest BCUT2D eigenvalue weighted by molar-refractivity contribution is 5.77. The van der Waals surface area contributed by atoms with Crippen molar-refractivity contribution in [3.05, 3.63) is 52.7 Å². The van der Waals surface area contributed by atoms with Crippen LogP contribution in [-0.4, -0.2) is 24.0 Å². The maximum absolute atomic E-state index is 10.8. The summed E-state index contributed by atoms with van der Waals surface area (Å²) in [5.41, 5.74) is 1.67. The smallest absolute Gasteiger partial charge is 0.288 e. The van der Waals surface area contributed by atoms with Crippen LogP contribution in [0.15, 0.2) is 42.6 Å². The fourth-order valence-electron chi connectivity index (χ4n) is 1.73. The summed E-state index contributed by atoms with van der Waals surface area (Å²) >= 11 is 0. The van der Waals surface area contributed by atoms with Gasteiger partial charge in [-0.3, -0.25) is 10.1 Å². The lowest BCUT2D eigenvalue weighted by Crippen LogP contribution is -2.12. The average Bonchev–Trinajstić information content (AvgIpc) is 2.39. The molecule has 1 aromatic heterocycles. The predicted octanol–water partition coefficient (Wildman–Crippen LogP) is 2.72. The van der Waals surface area contributed by atoms with Crippen molar-refractivity contribution >= 4 is 11.5 Å². The molecule has 0 unspecified atom stereocenters. The Morgan fingerprint density at radius 1 is 1.22 bits per heavy atom. The minimum Gasteiger partial charge on any atom is -0.362 e. The summed E-state index contributed by atoms with van der Waals surface area (Å²) in [5, 5.41) is 10.8. The van der Waals surface area contributed by atoms with Gasteiger partial charge in [0.1, 0.15) is 12.0 Å². The van der Waals surface area contributed by atoms with Gasteiger partial charge in [-0.2, -0.15) is 0 Å². The molecule has 2 rings (SSSR count). The van der Waals surface area contributed by atoms with Gasteiger partial charge >= 0.3 is 0 Å². The molecule has 92 valence electrons. The van der Waals surface area contributed by atoms with Crippen molar-refractivity contribution < 1.29 is 4.92 Å². The van der Waals surface area contributed by atoms with Crippen molar-refractivity contribution in [3.8, 4) is 11.1 Å². The molecule has 0 amide bonds. The van der Waals surface area contributed by atoms with Crippen LogP contribution < -0.4 is 4.90 Å². The quantitative estimate of drug-likeness (QED) is 0.614. The Balaban J connectivity index is 2.61. The van der Waals surface area contributed by atoms with Gasteiger partial charge in [-0.25, -0.2) is 4.98 Å². The van der Waals surface area contributed by atoms with Crippen LogP contribution in [0.4, 0.5) is 11.5 Å². The highest BCUT2D eigenvalue weighted by Gasteiger charge is 2.14. The van der Waals surface area contributed by atoms with Crippen LogP contribution in [-0.2, 0) is 0 Å². The SMILES string of the molecule is CN(C)c1ncc([N+](=O)[O-])cc1-c1ccccc1. The summed E-state index contributed by atoms with van der Waals surface area (Å²) in [6.07, 6.45) is 1.28. The maximum Gasteiger partial charge on any atom is 0.288 e. The van der Waals surface area contributed by atoms with E-state index < -0.39 is 4.92 Å². The number of rotatable bonds is 3. The minimum absolute atomic E-state index is 0.000506. The summed E-state index contributed by atoms with van der Waals surface area (Å²) < 4.78 is 0. The first-order valence-electron chi connectivity index (χ1n) is 5.47. The topological polar surface area (TPSA) is 59.3 Å². The molecular formula is C13H13N3O2. The van der Waals surface area contributed by atoms with Crippen molar-refractivity contribution in [3.63, 3.8) is 0 Å². The van der Waals surface area contributed by atoms with Crippen LogP contribution >= 0.6 is 0 Å². The monoisotopic (exact) mass is 243 g/mol. The zero-order valence-electron chi connectivity index (χ0n) is 10.2. The largest absolute Gasteiger partial charge is 0.362 e. The number of hydrogen-bond donors (Lipinski definition) is 0. The van der Waals surface area contributed by atoms with Crippen molar-refractivity contribution in [2.75, 3.05) is 19.0 Å². The molecule has 0 N–H and O–H groups in total.